The van der Waals surface area contributed by atoms with Gasteiger partial charge in [-0.25, -0.2) is 19.9 Å². The van der Waals surface area contributed by atoms with Gasteiger partial charge < -0.3 is 14.1 Å². The number of fused-ring (bicyclic) bond motifs is 2. The zero-order valence-electron chi connectivity index (χ0n) is 25.1. The van der Waals surface area contributed by atoms with Gasteiger partial charge in [0.2, 0.25) is 11.5 Å². The van der Waals surface area contributed by atoms with Crippen molar-refractivity contribution in [3.63, 3.8) is 0 Å². The third kappa shape index (κ3) is 7.10. The molecule has 0 aliphatic carbocycles. The standard InChI is InChI=1S/C19H12F3N5O.C14H8F3N3O2/c20-19(21,22)13-5-1-4-12(10-13)15-11-27-9-2-6-14(17(27)25-15)26-18(28)16-23-7-3-8-24-16;15-14(16,17)10-4-1-3-9(7-10)11-8-19-6-2-5-12(20(21)22)13(19)18-11/h1-11H,(H,26,28);1-8H. The number of hydrogen-bond donors (Lipinski definition) is 1. The molecule has 0 aliphatic rings. The second kappa shape index (κ2) is 13.1. The van der Waals surface area contributed by atoms with Crippen LogP contribution in [0, 0.1) is 10.1 Å². The minimum atomic E-state index is -4.46. The number of rotatable bonds is 5. The third-order valence-electron chi connectivity index (χ3n) is 7.13. The molecule has 0 saturated heterocycles. The van der Waals surface area contributed by atoms with E-state index in [-0.39, 0.29) is 28.4 Å². The quantitative estimate of drug-likeness (QED) is 0.110. The molecule has 11 nitrogen and oxygen atoms in total. The van der Waals surface area contributed by atoms with Crippen molar-refractivity contribution >= 4 is 28.6 Å². The van der Waals surface area contributed by atoms with Crippen molar-refractivity contribution in [2.45, 2.75) is 12.4 Å². The first-order valence-corrected chi connectivity index (χ1v) is 14.3. The van der Waals surface area contributed by atoms with Crippen LogP contribution in [0.25, 0.3) is 33.8 Å². The van der Waals surface area contributed by atoms with Crippen LogP contribution < -0.4 is 5.32 Å². The van der Waals surface area contributed by atoms with E-state index in [0.29, 0.717) is 22.6 Å². The van der Waals surface area contributed by atoms with Gasteiger partial charge in [0.25, 0.3) is 5.91 Å². The number of carbonyl (C=O) groups excluding carboxylic acids is 1. The number of nitrogens with one attached hydrogen (secondary N) is 1. The average Bonchev–Trinajstić information content (AvgIpc) is 3.74. The fraction of sp³-hybridized carbons (Fsp3) is 0.0606. The largest absolute Gasteiger partial charge is 0.416 e. The van der Waals surface area contributed by atoms with Crippen LogP contribution in [-0.2, 0) is 12.4 Å². The SMILES string of the molecule is O=C(Nc1cccn2cc(-c3cccc(C(F)(F)F)c3)nc12)c1ncccn1.O=[N+]([O-])c1cccn2cc(-c3cccc(C(F)(F)F)c3)nc12. The van der Waals surface area contributed by atoms with Gasteiger partial charge in [0.1, 0.15) is 0 Å². The monoisotopic (exact) mass is 690 g/mol. The summed E-state index contributed by atoms with van der Waals surface area (Å²) < 4.78 is 80.2. The Morgan fingerprint density at radius 2 is 1.22 bits per heavy atom. The maximum atomic E-state index is 13.0. The number of carbonyl (C=O) groups is 1. The highest BCUT2D eigenvalue weighted by molar-refractivity contribution is 6.03. The van der Waals surface area contributed by atoms with Crippen LogP contribution in [0.4, 0.5) is 37.7 Å². The first-order chi connectivity index (χ1) is 23.8. The molecule has 2 aromatic carbocycles. The molecule has 0 radical (unpaired) electrons. The van der Waals surface area contributed by atoms with E-state index >= 15 is 0 Å². The molecule has 252 valence electrons. The lowest BCUT2D eigenvalue weighted by atomic mass is 10.1. The molecule has 1 amide bonds. The first kappa shape index (κ1) is 33.3. The molecule has 50 heavy (non-hydrogen) atoms. The van der Waals surface area contributed by atoms with Crippen molar-refractivity contribution in [1.29, 1.82) is 0 Å². The molecule has 0 spiro atoms. The number of aromatic nitrogens is 6. The van der Waals surface area contributed by atoms with Crippen molar-refractivity contribution in [3.05, 3.63) is 143 Å². The summed E-state index contributed by atoms with van der Waals surface area (Å²) in [5.74, 6) is -0.522. The maximum Gasteiger partial charge on any atom is 0.416 e. The van der Waals surface area contributed by atoms with Crippen molar-refractivity contribution in [2.75, 3.05) is 5.32 Å². The summed E-state index contributed by atoms with van der Waals surface area (Å²) in [6.45, 7) is 0. The molecule has 0 unspecified atom stereocenters. The molecule has 0 atom stereocenters. The Bertz CT molecular complexity index is 2350. The van der Waals surface area contributed by atoms with Crippen LogP contribution in [0.3, 0.4) is 0 Å². The maximum absolute atomic E-state index is 13.0. The Balaban J connectivity index is 0.000000178. The van der Waals surface area contributed by atoms with Gasteiger partial charge in [-0.2, -0.15) is 26.3 Å². The zero-order valence-corrected chi connectivity index (χ0v) is 25.1. The van der Waals surface area contributed by atoms with Gasteiger partial charge in [0.05, 0.1) is 33.1 Å². The number of anilines is 1. The van der Waals surface area contributed by atoms with Crippen LogP contribution in [0.2, 0.25) is 0 Å². The molecule has 7 rings (SSSR count). The van der Waals surface area contributed by atoms with E-state index in [4.69, 9.17) is 0 Å². The van der Waals surface area contributed by atoms with Gasteiger partial charge in [0.15, 0.2) is 5.65 Å². The van der Waals surface area contributed by atoms with Crippen molar-refractivity contribution < 1.29 is 36.1 Å². The molecule has 17 heteroatoms. The summed E-state index contributed by atoms with van der Waals surface area (Å²) >= 11 is 0. The number of amides is 1. The van der Waals surface area contributed by atoms with E-state index in [0.717, 1.165) is 24.3 Å². The predicted octanol–water partition coefficient (Wildman–Crippen LogP) is 7.99. The molecule has 0 saturated carbocycles. The van der Waals surface area contributed by atoms with E-state index in [2.05, 4.69) is 25.3 Å². The van der Waals surface area contributed by atoms with Gasteiger partial charge in [-0.1, -0.05) is 24.3 Å². The number of benzene rings is 2. The van der Waals surface area contributed by atoms with Crippen molar-refractivity contribution in [3.8, 4) is 22.5 Å². The highest BCUT2D eigenvalue weighted by atomic mass is 19.4. The third-order valence-corrected chi connectivity index (χ3v) is 7.13. The molecular weight excluding hydrogens is 670 g/mol. The topological polar surface area (TPSA) is 133 Å². The lowest BCUT2D eigenvalue weighted by Crippen LogP contribution is -2.15. The number of nitro groups is 1. The van der Waals surface area contributed by atoms with Gasteiger partial charge in [0, 0.05) is 54.4 Å². The van der Waals surface area contributed by atoms with E-state index in [1.54, 1.807) is 47.3 Å². The highest BCUT2D eigenvalue weighted by Crippen LogP contribution is 2.34. The Morgan fingerprint density at radius 1 is 0.700 bits per heavy atom. The molecular formula is C33H20F6N8O3. The van der Waals surface area contributed by atoms with Gasteiger partial charge in [-0.15, -0.1) is 0 Å². The summed E-state index contributed by atoms with van der Waals surface area (Å²) in [6, 6.07) is 17.3. The first-order valence-electron chi connectivity index (χ1n) is 14.3. The Labute approximate surface area is 276 Å². The summed E-state index contributed by atoms with van der Waals surface area (Å²) in [5.41, 5.74) is 0.255. The number of imidazole rings is 2. The molecule has 0 aliphatic heterocycles. The summed E-state index contributed by atoms with van der Waals surface area (Å²) in [7, 11) is 0. The number of hydrogen-bond acceptors (Lipinski definition) is 7. The summed E-state index contributed by atoms with van der Waals surface area (Å²) in [4.78, 5) is 38.9. The second-order valence-electron chi connectivity index (χ2n) is 10.5. The number of nitrogens with zero attached hydrogens (tertiary/aromatic N) is 7. The van der Waals surface area contributed by atoms with Crippen LogP contribution in [0.1, 0.15) is 21.7 Å². The zero-order chi connectivity index (χ0) is 35.6. The van der Waals surface area contributed by atoms with Crippen LogP contribution in [-0.4, -0.2) is 39.6 Å². The van der Waals surface area contributed by atoms with E-state index in [9.17, 15) is 41.3 Å². The molecule has 5 aromatic heterocycles. The lowest BCUT2D eigenvalue weighted by molar-refractivity contribution is -0.383. The summed E-state index contributed by atoms with van der Waals surface area (Å²) in [6.07, 6.45) is 0.288. The van der Waals surface area contributed by atoms with Crippen LogP contribution in [0.15, 0.2) is 116 Å². The van der Waals surface area contributed by atoms with Crippen LogP contribution >= 0.6 is 0 Å². The minimum absolute atomic E-state index is 0.00541. The fourth-order valence-electron chi connectivity index (χ4n) is 4.83. The minimum Gasteiger partial charge on any atom is -0.316 e. The Kier molecular flexibility index (Phi) is 8.71. The number of halogens is 6. The number of pyridine rings is 2. The smallest absolute Gasteiger partial charge is 0.316 e. The van der Waals surface area contributed by atoms with E-state index in [1.165, 1.54) is 53.3 Å². The molecule has 0 bridgehead atoms. The summed E-state index contributed by atoms with van der Waals surface area (Å²) in [5, 5.41) is 13.6. The predicted molar refractivity (Wildman–Crippen MR) is 168 cm³/mol. The Morgan fingerprint density at radius 3 is 1.76 bits per heavy atom. The normalized spacial score (nSPS) is 11.6. The second-order valence-corrected chi connectivity index (χ2v) is 10.5. The van der Waals surface area contributed by atoms with Gasteiger partial charge in [-0.3, -0.25) is 14.9 Å². The van der Waals surface area contributed by atoms with Crippen LogP contribution in [0.5, 0.6) is 0 Å². The van der Waals surface area contributed by atoms with Gasteiger partial charge >= 0.3 is 18.0 Å². The van der Waals surface area contributed by atoms with Gasteiger partial charge in [-0.05, 0) is 48.5 Å². The molecule has 5 heterocycles. The molecule has 7 aromatic rings. The van der Waals surface area contributed by atoms with E-state index < -0.39 is 34.3 Å². The number of alkyl halides is 6. The molecule has 1 N–H and O–H groups in total. The average molecular weight is 691 g/mol. The van der Waals surface area contributed by atoms with Crippen molar-refractivity contribution in [1.82, 2.24) is 28.7 Å². The molecule has 0 fully saturated rings. The highest BCUT2D eigenvalue weighted by Gasteiger charge is 2.31. The lowest BCUT2D eigenvalue weighted by Gasteiger charge is -2.07. The van der Waals surface area contributed by atoms with Crippen molar-refractivity contribution in [2.24, 2.45) is 0 Å². The fourth-order valence-corrected chi connectivity index (χ4v) is 4.83. The van der Waals surface area contributed by atoms with E-state index in [1.807, 2.05) is 0 Å². The Hall–Kier alpha value is -6.65.